The molecule has 0 aromatic rings. The molecule has 2 heteroatoms. The lowest BCUT2D eigenvalue weighted by Gasteiger charge is -2.52. The summed E-state index contributed by atoms with van der Waals surface area (Å²) in [6.07, 6.45) is 6.48. The molecular weight excluding hydrogens is 344 g/mol. The van der Waals surface area contributed by atoms with E-state index in [2.05, 4.69) is 62.3 Å². The molecule has 2 saturated carbocycles. The third-order valence-electron chi connectivity index (χ3n) is 8.62. The Balaban J connectivity index is 2.29. The Morgan fingerprint density at radius 2 is 1.07 bits per heavy atom. The highest BCUT2D eigenvalue weighted by Gasteiger charge is 2.48. The smallest absolute Gasteiger partial charge is 0.0576 e. The number of hydrogen-bond acceptors (Lipinski definition) is 2. The van der Waals surface area contributed by atoms with Crippen molar-refractivity contribution in [2.75, 3.05) is 0 Å². The summed E-state index contributed by atoms with van der Waals surface area (Å²) >= 11 is 0. The van der Waals surface area contributed by atoms with E-state index in [4.69, 9.17) is 0 Å². The van der Waals surface area contributed by atoms with E-state index in [-0.39, 0.29) is 23.0 Å². The summed E-state index contributed by atoms with van der Waals surface area (Å²) in [5.74, 6) is 4.12. The van der Waals surface area contributed by atoms with Crippen LogP contribution in [0.1, 0.15) is 101 Å². The Kier molecular flexibility index (Phi) is 7.74. The summed E-state index contributed by atoms with van der Waals surface area (Å²) < 4.78 is 0. The number of aliphatic hydroxyl groups is 2. The topological polar surface area (TPSA) is 40.5 Å². The van der Waals surface area contributed by atoms with Crippen LogP contribution >= 0.6 is 0 Å². The van der Waals surface area contributed by atoms with Crippen molar-refractivity contribution in [3.63, 3.8) is 0 Å². The summed E-state index contributed by atoms with van der Waals surface area (Å²) in [4.78, 5) is 0. The standard InChI is InChI=1S/C26H50O2/c1-10-11-18(19-14-21(25(4,5)6)23(27)12-16(19)2)20-15-22(26(7,8)9)24(28)13-17(20)3/h16-24,27-28H,10-15H2,1-9H3. The van der Waals surface area contributed by atoms with Gasteiger partial charge in [0.05, 0.1) is 12.2 Å². The van der Waals surface area contributed by atoms with Crippen LogP contribution in [0.4, 0.5) is 0 Å². The van der Waals surface area contributed by atoms with Crippen LogP contribution in [0.3, 0.4) is 0 Å². The van der Waals surface area contributed by atoms with E-state index in [0.717, 1.165) is 18.8 Å². The van der Waals surface area contributed by atoms with Gasteiger partial charge in [0.25, 0.3) is 0 Å². The van der Waals surface area contributed by atoms with Gasteiger partial charge in [0, 0.05) is 0 Å². The predicted molar refractivity (Wildman–Crippen MR) is 120 cm³/mol. The molecule has 0 aliphatic heterocycles. The van der Waals surface area contributed by atoms with Gasteiger partial charge in [0.1, 0.15) is 0 Å². The molecule has 0 aromatic carbocycles. The van der Waals surface area contributed by atoms with E-state index in [1.807, 2.05) is 0 Å². The lowest BCUT2D eigenvalue weighted by atomic mass is 9.54. The van der Waals surface area contributed by atoms with Gasteiger partial charge in [-0.25, -0.2) is 0 Å². The van der Waals surface area contributed by atoms with Gasteiger partial charge in [-0.2, -0.15) is 0 Å². The Morgan fingerprint density at radius 1 is 0.714 bits per heavy atom. The minimum Gasteiger partial charge on any atom is -0.393 e. The highest BCUT2D eigenvalue weighted by molar-refractivity contribution is 4.97. The first kappa shape index (κ1) is 24.2. The molecule has 2 rings (SSSR count). The van der Waals surface area contributed by atoms with Crippen molar-refractivity contribution < 1.29 is 10.2 Å². The molecule has 0 bridgehead atoms. The van der Waals surface area contributed by atoms with Crippen molar-refractivity contribution in [2.24, 2.45) is 52.3 Å². The highest BCUT2D eigenvalue weighted by atomic mass is 16.3. The van der Waals surface area contributed by atoms with Crippen molar-refractivity contribution in [1.29, 1.82) is 0 Å². The second-order valence-corrected chi connectivity index (χ2v) is 12.8. The first-order valence-electron chi connectivity index (χ1n) is 12.1. The number of aliphatic hydroxyl groups excluding tert-OH is 2. The van der Waals surface area contributed by atoms with Crippen LogP contribution in [0.2, 0.25) is 0 Å². The van der Waals surface area contributed by atoms with E-state index in [1.54, 1.807) is 0 Å². The summed E-state index contributed by atoms with van der Waals surface area (Å²) in [5, 5.41) is 21.6. The average molecular weight is 395 g/mol. The van der Waals surface area contributed by atoms with Crippen molar-refractivity contribution in [2.45, 2.75) is 113 Å². The molecule has 2 aliphatic carbocycles. The van der Waals surface area contributed by atoms with Gasteiger partial charge in [-0.1, -0.05) is 75.2 Å². The average Bonchev–Trinajstić information content (AvgIpc) is 2.51. The molecule has 2 nitrogen and oxygen atoms in total. The van der Waals surface area contributed by atoms with E-state index in [1.165, 1.54) is 25.7 Å². The maximum atomic E-state index is 10.8. The first-order chi connectivity index (χ1) is 12.8. The summed E-state index contributed by atoms with van der Waals surface area (Å²) in [7, 11) is 0. The van der Waals surface area contributed by atoms with Gasteiger partial charge in [0.2, 0.25) is 0 Å². The Morgan fingerprint density at radius 3 is 1.36 bits per heavy atom. The van der Waals surface area contributed by atoms with E-state index in [0.29, 0.717) is 35.5 Å². The fraction of sp³-hybridized carbons (Fsp3) is 1.00. The monoisotopic (exact) mass is 394 g/mol. The van der Waals surface area contributed by atoms with Crippen LogP contribution in [0.5, 0.6) is 0 Å². The Labute approximate surface area is 175 Å². The van der Waals surface area contributed by atoms with Crippen LogP contribution in [-0.2, 0) is 0 Å². The third-order valence-corrected chi connectivity index (χ3v) is 8.62. The molecule has 2 aliphatic rings. The van der Waals surface area contributed by atoms with Gasteiger partial charge in [-0.3, -0.25) is 0 Å². The minimum absolute atomic E-state index is 0.151. The van der Waals surface area contributed by atoms with Crippen molar-refractivity contribution >= 4 is 0 Å². The lowest BCUT2D eigenvalue weighted by molar-refractivity contribution is -0.0825. The minimum atomic E-state index is -0.151. The van der Waals surface area contributed by atoms with Crippen LogP contribution in [0.25, 0.3) is 0 Å². The molecule has 28 heavy (non-hydrogen) atoms. The van der Waals surface area contributed by atoms with Crippen LogP contribution < -0.4 is 0 Å². The lowest BCUT2D eigenvalue weighted by Crippen LogP contribution is -2.48. The van der Waals surface area contributed by atoms with Crippen LogP contribution in [0.15, 0.2) is 0 Å². The summed E-state index contributed by atoms with van der Waals surface area (Å²) in [5.41, 5.74) is 0.327. The third kappa shape index (κ3) is 5.34. The zero-order valence-electron chi connectivity index (χ0n) is 20.3. The zero-order chi connectivity index (χ0) is 21.4. The van der Waals surface area contributed by atoms with Gasteiger partial charge in [0.15, 0.2) is 0 Å². The SMILES string of the molecule is CCCC(C1CC(C(C)(C)C)C(O)CC1C)C1CC(C(C)(C)C)C(O)CC1C. The van der Waals surface area contributed by atoms with Crippen molar-refractivity contribution in [3.05, 3.63) is 0 Å². The molecule has 8 unspecified atom stereocenters. The molecule has 0 aromatic heterocycles. The molecule has 0 amide bonds. The molecule has 2 N–H and O–H groups in total. The molecule has 0 spiro atoms. The fourth-order valence-corrected chi connectivity index (χ4v) is 6.94. The molecule has 8 atom stereocenters. The number of hydrogen-bond donors (Lipinski definition) is 2. The Bertz CT molecular complexity index is 444. The predicted octanol–water partition coefficient (Wildman–Crippen LogP) is 6.54. The van der Waals surface area contributed by atoms with Crippen molar-refractivity contribution in [3.8, 4) is 0 Å². The van der Waals surface area contributed by atoms with Gasteiger partial charge in [-0.15, -0.1) is 0 Å². The van der Waals surface area contributed by atoms with Gasteiger partial charge in [-0.05, 0) is 77.9 Å². The summed E-state index contributed by atoms with van der Waals surface area (Å²) in [6, 6.07) is 0. The molecule has 0 radical (unpaired) electrons. The maximum absolute atomic E-state index is 10.8. The largest absolute Gasteiger partial charge is 0.393 e. The van der Waals surface area contributed by atoms with Gasteiger partial charge < -0.3 is 10.2 Å². The highest BCUT2D eigenvalue weighted by Crippen LogP contribution is 2.53. The Hall–Kier alpha value is -0.0800. The fourth-order valence-electron chi connectivity index (χ4n) is 6.94. The first-order valence-corrected chi connectivity index (χ1v) is 12.1. The van der Waals surface area contributed by atoms with Crippen molar-refractivity contribution in [1.82, 2.24) is 0 Å². The zero-order valence-corrected chi connectivity index (χ0v) is 20.3. The second kappa shape index (κ2) is 8.96. The molecule has 0 saturated heterocycles. The molecule has 2 fully saturated rings. The van der Waals surface area contributed by atoms with E-state index < -0.39 is 0 Å². The molecule has 166 valence electrons. The maximum Gasteiger partial charge on any atom is 0.0576 e. The van der Waals surface area contributed by atoms with Gasteiger partial charge >= 0.3 is 0 Å². The summed E-state index contributed by atoms with van der Waals surface area (Å²) in [6.45, 7) is 20.9. The van der Waals surface area contributed by atoms with Crippen LogP contribution in [0, 0.1) is 52.3 Å². The quantitative estimate of drug-likeness (QED) is 0.568. The normalized spacial score (nSPS) is 41.7. The van der Waals surface area contributed by atoms with E-state index >= 15 is 0 Å². The second-order valence-electron chi connectivity index (χ2n) is 12.8. The molecular formula is C26H50O2. The van der Waals surface area contributed by atoms with E-state index in [9.17, 15) is 10.2 Å². The van der Waals surface area contributed by atoms with Crippen LogP contribution in [-0.4, -0.2) is 22.4 Å². The number of rotatable bonds is 4. The molecule has 0 heterocycles.